The van der Waals surface area contributed by atoms with Crippen molar-refractivity contribution in [3.8, 4) is 6.01 Å². The van der Waals surface area contributed by atoms with Crippen molar-refractivity contribution in [3.05, 3.63) is 41.0 Å². The molecule has 0 radical (unpaired) electrons. The highest BCUT2D eigenvalue weighted by Gasteiger charge is 2.32. The van der Waals surface area contributed by atoms with Gasteiger partial charge < -0.3 is 15.2 Å². The number of nitrogens with two attached hydrogens (primary N) is 1. The van der Waals surface area contributed by atoms with Crippen molar-refractivity contribution in [2.45, 2.75) is 65.3 Å². The smallest absolute Gasteiger partial charge is 0.320 e. The average molecular weight is 498 g/mol. The Morgan fingerprint density at radius 1 is 1.06 bits per heavy atom. The minimum absolute atomic E-state index is 0.00184. The summed E-state index contributed by atoms with van der Waals surface area (Å²) in [5.41, 5.74) is 8.94. The number of methoxy groups -OCH3 is 1. The van der Waals surface area contributed by atoms with E-state index in [1.54, 1.807) is 4.90 Å². The number of amides is 1. The van der Waals surface area contributed by atoms with Gasteiger partial charge in [0.05, 0.1) is 26.6 Å². The molecule has 0 saturated heterocycles. The van der Waals surface area contributed by atoms with Crippen molar-refractivity contribution in [1.29, 1.82) is 0 Å². The molecule has 1 aliphatic rings. The first-order valence-electron chi connectivity index (χ1n) is 12.9. The maximum Gasteiger partial charge on any atom is 0.320 e. The van der Waals surface area contributed by atoms with Gasteiger partial charge in [0.1, 0.15) is 11.6 Å². The van der Waals surface area contributed by atoms with Crippen molar-refractivity contribution in [2.24, 2.45) is 0 Å². The number of carbonyl (C=O) groups is 2. The number of nitrogens with zero attached hydrogens (tertiary/aromatic N) is 4. The van der Waals surface area contributed by atoms with E-state index in [4.69, 9.17) is 15.2 Å². The maximum atomic E-state index is 12.7. The van der Waals surface area contributed by atoms with Crippen molar-refractivity contribution < 1.29 is 19.1 Å². The summed E-state index contributed by atoms with van der Waals surface area (Å²) in [5, 5.41) is 0. The summed E-state index contributed by atoms with van der Waals surface area (Å²) in [6.45, 7) is 8.01. The molecule has 196 valence electrons. The number of hydrogen-bond acceptors (Lipinski definition) is 8. The predicted octanol–water partition coefficient (Wildman–Crippen LogP) is 3.53. The van der Waals surface area contributed by atoms with E-state index in [0.29, 0.717) is 30.4 Å². The van der Waals surface area contributed by atoms with Gasteiger partial charge >= 0.3 is 12.0 Å². The quantitative estimate of drug-likeness (QED) is 0.294. The summed E-state index contributed by atoms with van der Waals surface area (Å²) < 4.78 is 10.4. The average Bonchev–Trinajstić information content (AvgIpc) is 3.19. The monoisotopic (exact) mass is 497 g/mol. The molecule has 1 amide bonds. The van der Waals surface area contributed by atoms with E-state index in [1.165, 1.54) is 12.7 Å². The van der Waals surface area contributed by atoms with Crippen molar-refractivity contribution >= 4 is 23.5 Å². The Labute approximate surface area is 214 Å². The SMILES string of the molecule is CCCCOc1nc(N)c2c(n1)N(CCCN(CCCC)Cc1ccc(CC(=O)OC)cc1)C(=O)C2. The summed E-state index contributed by atoms with van der Waals surface area (Å²) in [5.74, 6) is 0.665. The minimum Gasteiger partial charge on any atom is -0.469 e. The number of hydrogen-bond donors (Lipinski definition) is 1. The van der Waals surface area contributed by atoms with Gasteiger partial charge in [0.15, 0.2) is 0 Å². The molecule has 1 aromatic carbocycles. The molecule has 0 unspecified atom stereocenters. The summed E-state index contributed by atoms with van der Waals surface area (Å²) in [7, 11) is 1.40. The number of benzene rings is 1. The standard InChI is InChI=1S/C27H39N5O4/c1-4-6-13-31(19-21-11-9-20(10-12-21)17-24(34)35-3)14-8-15-32-23(33)18-22-25(28)29-27(30-26(22)32)36-16-7-5-2/h9-12H,4-8,13-19H2,1-3H3,(H2,28,29,30). The summed E-state index contributed by atoms with van der Waals surface area (Å²) >= 11 is 0. The molecule has 1 aromatic heterocycles. The molecule has 0 spiro atoms. The number of fused-ring (bicyclic) bond motifs is 1. The molecule has 2 aromatic rings. The highest BCUT2D eigenvalue weighted by atomic mass is 16.5. The van der Waals surface area contributed by atoms with Crippen LogP contribution in [0.5, 0.6) is 6.01 Å². The van der Waals surface area contributed by atoms with Crippen LogP contribution in [-0.2, 0) is 33.7 Å². The lowest BCUT2D eigenvalue weighted by Crippen LogP contribution is -2.32. The van der Waals surface area contributed by atoms with E-state index in [-0.39, 0.29) is 30.7 Å². The molecular formula is C27H39N5O4. The van der Waals surface area contributed by atoms with Crippen LogP contribution in [0, 0.1) is 0 Å². The van der Waals surface area contributed by atoms with Crippen LogP contribution in [0.1, 0.15) is 62.6 Å². The van der Waals surface area contributed by atoms with Gasteiger partial charge in [-0.2, -0.15) is 9.97 Å². The Balaban J connectivity index is 1.60. The highest BCUT2D eigenvalue weighted by molar-refractivity contribution is 6.01. The molecule has 9 heteroatoms. The van der Waals surface area contributed by atoms with Gasteiger partial charge in [-0.25, -0.2) is 0 Å². The number of unbranched alkanes of at least 4 members (excludes halogenated alkanes) is 2. The van der Waals surface area contributed by atoms with Gasteiger partial charge in [-0.3, -0.25) is 19.4 Å². The van der Waals surface area contributed by atoms with Crippen molar-refractivity contribution in [2.75, 3.05) is 44.0 Å². The number of carbonyl (C=O) groups excluding carboxylic acids is 2. The second-order valence-corrected chi connectivity index (χ2v) is 9.17. The molecule has 3 rings (SSSR count). The van der Waals surface area contributed by atoms with Crippen LogP contribution in [0.15, 0.2) is 24.3 Å². The lowest BCUT2D eigenvalue weighted by Gasteiger charge is -2.24. The predicted molar refractivity (Wildman–Crippen MR) is 140 cm³/mol. The Morgan fingerprint density at radius 2 is 1.75 bits per heavy atom. The second kappa shape index (κ2) is 13.8. The van der Waals surface area contributed by atoms with Gasteiger partial charge in [-0.05, 0) is 36.9 Å². The Kier molecular flexibility index (Phi) is 10.5. The molecule has 1 aliphatic heterocycles. The maximum absolute atomic E-state index is 12.7. The normalized spacial score (nSPS) is 12.8. The molecule has 0 atom stereocenters. The molecule has 0 fully saturated rings. The number of aromatic nitrogens is 2. The third-order valence-corrected chi connectivity index (χ3v) is 6.30. The molecule has 9 nitrogen and oxygen atoms in total. The van der Waals surface area contributed by atoms with Gasteiger partial charge in [-0.1, -0.05) is 51.0 Å². The molecule has 36 heavy (non-hydrogen) atoms. The minimum atomic E-state index is -0.239. The fraction of sp³-hybridized carbons (Fsp3) is 0.556. The zero-order valence-electron chi connectivity index (χ0n) is 21.8. The Morgan fingerprint density at radius 3 is 2.44 bits per heavy atom. The number of anilines is 2. The Hall–Kier alpha value is -3.20. The van der Waals surface area contributed by atoms with Crippen molar-refractivity contribution in [3.63, 3.8) is 0 Å². The first-order valence-corrected chi connectivity index (χ1v) is 12.9. The van der Waals surface area contributed by atoms with Crippen LogP contribution >= 0.6 is 0 Å². The van der Waals surface area contributed by atoms with Gasteiger partial charge in [0, 0.05) is 25.2 Å². The van der Waals surface area contributed by atoms with Crippen molar-refractivity contribution in [1.82, 2.24) is 14.9 Å². The van der Waals surface area contributed by atoms with E-state index in [2.05, 4.69) is 40.8 Å². The molecule has 0 aliphatic carbocycles. The highest BCUT2D eigenvalue weighted by Crippen LogP contribution is 2.32. The third-order valence-electron chi connectivity index (χ3n) is 6.30. The largest absolute Gasteiger partial charge is 0.469 e. The van der Waals surface area contributed by atoms with E-state index in [0.717, 1.165) is 57.3 Å². The van der Waals surface area contributed by atoms with Crippen LogP contribution in [0.2, 0.25) is 0 Å². The van der Waals surface area contributed by atoms with Crippen LogP contribution in [0.25, 0.3) is 0 Å². The van der Waals surface area contributed by atoms with Crippen LogP contribution in [0.3, 0.4) is 0 Å². The number of esters is 1. The van der Waals surface area contributed by atoms with Gasteiger partial charge in [0.2, 0.25) is 5.91 Å². The van der Waals surface area contributed by atoms with Gasteiger partial charge in [0.25, 0.3) is 0 Å². The second-order valence-electron chi connectivity index (χ2n) is 9.17. The number of nitrogen functional groups attached to an aromatic ring is 1. The lowest BCUT2D eigenvalue weighted by atomic mass is 10.1. The first-order chi connectivity index (χ1) is 17.4. The fourth-order valence-corrected chi connectivity index (χ4v) is 4.19. The lowest BCUT2D eigenvalue weighted by molar-refractivity contribution is -0.139. The zero-order chi connectivity index (χ0) is 25.9. The van der Waals surface area contributed by atoms with E-state index < -0.39 is 0 Å². The first kappa shape index (κ1) is 27.4. The van der Waals surface area contributed by atoms with Gasteiger partial charge in [-0.15, -0.1) is 0 Å². The van der Waals surface area contributed by atoms with Crippen LogP contribution in [0.4, 0.5) is 11.6 Å². The number of ether oxygens (including phenoxy) is 2. The van der Waals surface area contributed by atoms with E-state index in [9.17, 15) is 9.59 Å². The summed E-state index contributed by atoms with van der Waals surface area (Å²) in [4.78, 5) is 37.1. The summed E-state index contributed by atoms with van der Waals surface area (Å²) in [6, 6.07) is 8.33. The topological polar surface area (TPSA) is 111 Å². The zero-order valence-corrected chi connectivity index (χ0v) is 21.8. The van der Waals surface area contributed by atoms with Crippen LogP contribution in [-0.4, -0.2) is 60.1 Å². The molecule has 2 heterocycles. The van der Waals surface area contributed by atoms with E-state index in [1.807, 2.05) is 12.1 Å². The fourth-order valence-electron chi connectivity index (χ4n) is 4.19. The third kappa shape index (κ3) is 7.65. The number of rotatable bonds is 15. The summed E-state index contributed by atoms with van der Waals surface area (Å²) in [6.07, 6.45) is 5.46. The van der Waals surface area contributed by atoms with Crippen LogP contribution < -0.4 is 15.4 Å². The molecule has 0 bridgehead atoms. The van der Waals surface area contributed by atoms with E-state index >= 15 is 0 Å². The Bertz CT molecular complexity index is 1010. The molecular weight excluding hydrogens is 458 g/mol. The molecule has 2 N–H and O–H groups in total. The molecule has 0 saturated carbocycles.